The van der Waals surface area contributed by atoms with Crippen LogP contribution < -0.4 is 10.2 Å². The number of amides is 1. The largest absolute Gasteiger partial charge is 0.388 e. The Labute approximate surface area is 118 Å². The lowest BCUT2D eigenvalue weighted by molar-refractivity contribution is 0.0993. The van der Waals surface area contributed by atoms with Crippen LogP contribution in [-0.4, -0.2) is 20.0 Å². The summed E-state index contributed by atoms with van der Waals surface area (Å²) in [5.74, 6) is -0.523. The number of rotatable bonds is 3. The lowest BCUT2D eigenvalue weighted by Gasteiger charge is -2.18. The van der Waals surface area contributed by atoms with Gasteiger partial charge >= 0.3 is 0 Å². The molecule has 0 atom stereocenters. The Hall–Kier alpha value is -2.36. The van der Waals surface area contributed by atoms with Gasteiger partial charge in [-0.15, -0.1) is 0 Å². The molecule has 104 valence electrons. The topological polar surface area (TPSA) is 32.3 Å². The van der Waals surface area contributed by atoms with Crippen LogP contribution in [0.4, 0.5) is 15.8 Å². The maximum Gasteiger partial charge on any atom is 0.258 e. The van der Waals surface area contributed by atoms with Crippen molar-refractivity contribution in [3.8, 4) is 0 Å². The van der Waals surface area contributed by atoms with Crippen LogP contribution in [0.25, 0.3) is 0 Å². The second-order valence-corrected chi connectivity index (χ2v) is 4.62. The Morgan fingerprint density at radius 3 is 2.55 bits per heavy atom. The van der Waals surface area contributed by atoms with E-state index in [1.54, 1.807) is 25.2 Å². The molecule has 0 spiro atoms. The first-order valence-electron chi connectivity index (χ1n) is 6.35. The minimum Gasteiger partial charge on any atom is -0.388 e. The highest BCUT2D eigenvalue weighted by molar-refractivity contribution is 6.06. The van der Waals surface area contributed by atoms with Gasteiger partial charge in [0.2, 0.25) is 0 Å². The highest BCUT2D eigenvalue weighted by Gasteiger charge is 2.14. The average molecular weight is 272 g/mol. The molecule has 2 aromatic rings. The molecule has 0 bridgehead atoms. The van der Waals surface area contributed by atoms with Crippen LogP contribution in [0.5, 0.6) is 0 Å². The second-order valence-electron chi connectivity index (χ2n) is 4.62. The van der Waals surface area contributed by atoms with E-state index in [1.165, 1.54) is 17.0 Å². The summed E-state index contributed by atoms with van der Waals surface area (Å²) in [5, 5.41) is 3.06. The van der Waals surface area contributed by atoms with Gasteiger partial charge in [-0.25, -0.2) is 4.39 Å². The number of nitrogens with one attached hydrogen (secondary N) is 1. The zero-order chi connectivity index (χ0) is 14.7. The van der Waals surface area contributed by atoms with Crippen molar-refractivity contribution in [2.24, 2.45) is 0 Å². The van der Waals surface area contributed by atoms with Crippen LogP contribution in [0.1, 0.15) is 15.9 Å². The standard InChI is InChI=1S/C16H17FN2O/c1-11-9-12(7-8-15(11)18-2)16(20)19(3)14-6-4-5-13(17)10-14/h4-10,18H,1-3H3. The van der Waals surface area contributed by atoms with E-state index in [4.69, 9.17) is 0 Å². The van der Waals surface area contributed by atoms with E-state index in [1.807, 2.05) is 26.1 Å². The molecule has 3 nitrogen and oxygen atoms in total. The van der Waals surface area contributed by atoms with Gasteiger partial charge < -0.3 is 10.2 Å². The van der Waals surface area contributed by atoms with Gasteiger partial charge in [0.15, 0.2) is 0 Å². The number of benzene rings is 2. The smallest absolute Gasteiger partial charge is 0.258 e. The molecule has 20 heavy (non-hydrogen) atoms. The molecule has 0 unspecified atom stereocenters. The van der Waals surface area contributed by atoms with E-state index in [-0.39, 0.29) is 11.7 Å². The van der Waals surface area contributed by atoms with Gasteiger partial charge in [-0.1, -0.05) is 6.07 Å². The number of carbonyl (C=O) groups is 1. The van der Waals surface area contributed by atoms with Gasteiger partial charge in [-0.3, -0.25) is 4.79 Å². The van der Waals surface area contributed by atoms with Crippen LogP contribution in [0.2, 0.25) is 0 Å². The molecule has 2 aromatic carbocycles. The van der Waals surface area contributed by atoms with Gasteiger partial charge in [-0.2, -0.15) is 0 Å². The number of hydrogen-bond acceptors (Lipinski definition) is 2. The van der Waals surface area contributed by atoms with Crippen molar-refractivity contribution in [1.29, 1.82) is 0 Å². The molecular weight excluding hydrogens is 255 g/mol. The van der Waals surface area contributed by atoms with Gasteiger partial charge in [0, 0.05) is 31.0 Å². The summed E-state index contributed by atoms with van der Waals surface area (Å²) >= 11 is 0. The molecule has 0 aliphatic heterocycles. The van der Waals surface area contributed by atoms with Crippen LogP contribution in [0.3, 0.4) is 0 Å². The molecule has 0 aliphatic carbocycles. The van der Waals surface area contributed by atoms with Crippen LogP contribution in [-0.2, 0) is 0 Å². The predicted molar refractivity (Wildman–Crippen MR) is 79.9 cm³/mol. The fourth-order valence-electron chi connectivity index (χ4n) is 2.07. The van der Waals surface area contributed by atoms with E-state index < -0.39 is 0 Å². The fourth-order valence-corrected chi connectivity index (χ4v) is 2.07. The van der Waals surface area contributed by atoms with Crippen molar-refractivity contribution in [2.45, 2.75) is 6.92 Å². The summed E-state index contributed by atoms with van der Waals surface area (Å²) in [6.07, 6.45) is 0. The minimum atomic E-state index is -0.358. The first kappa shape index (κ1) is 14.1. The summed E-state index contributed by atoms with van der Waals surface area (Å²) in [5.41, 5.74) is 3.08. The average Bonchev–Trinajstić information content (AvgIpc) is 2.45. The fraction of sp³-hybridized carbons (Fsp3) is 0.188. The minimum absolute atomic E-state index is 0.165. The number of carbonyl (C=O) groups excluding carboxylic acids is 1. The molecule has 0 aliphatic rings. The van der Waals surface area contributed by atoms with Crippen molar-refractivity contribution < 1.29 is 9.18 Å². The van der Waals surface area contributed by atoms with E-state index in [9.17, 15) is 9.18 Å². The number of anilines is 2. The molecule has 0 heterocycles. The van der Waals surface area contributed by atoms with Gasteiger partial charge in [0.25, 0.3) is 5.91 Å². The zero-order valence-corrected chi connectivity index (χ0v) is 11.8. The highest BCUT2D eigenvalue weighted by Crippen LogP contribution is 2.20. The van der Waals surface area contributed by atoms with Crippen LogP contribution in [0, 0.1) is 12.7 Å². The number of aryl methyl sites for hydroxylation is 1. The lowest BCUT2D eigenvalue weighted by Crippen LogP contribution is -2.26. The van der Waals surface area contributed by atoms with Crippen molar-refractivity contribution in [2.75, 3.05) is 24.3 Å². The summed E-state index contributed by atoms with van der Waals surface area (Å²) in [6.45, 7) is 1.94. The first-order chi connectivity index (χ1) is 9.52. The Kier molecular flexibility index (Phi) is 4.03. The lowest BCUT2D eigenvalue weighted by atomic mass is 10.1. The third kappa shape index (κ3) is 2.79. The summed E-state index contributed by atoms with van der Waals surface area (Å²) in [6, 6.07) is 11.4. The molecule has 0 fully saturated rings. The molecule has 0 radical (unpaired) electrons. The van der Waals surface area contributed by atoms with Crippen molar-refractivity contribution >= 4 is 17.3 Å². The van der Waals surface area contributed by atoms with Crippen molar-refractivity contribution in [3.63, 3.8) is 0 Å². The summed E-state index contributed by atoms with van der Waals surface area (Å²) < 4.78 is 13.2. The Morgan fingerprint density at radius 2 is 1.95 bits per heavy atom. The predicted octanol–water partition coefficient (Wildman–Crippen LogP) is 3.45. The Balaban J connectivity index is 2.29. The third-order valence-corrected chi connectivity index (χ3v) is 3.24. The van der Waals surface area contributed by atoms with E-state index in [2.05, 4.69) is 5.32 Å². The Bertz CT molecular complexity index is 640. The molecule has 1 amide bonds. The van der Waals surface area contributed by atoms with Crippen molar-refractivity contribution in [3.05, 3.63) is 59.4 Å². The van der Waals surface area contributed by atoms with Gasteiger partial charge in [0.1, 0.15) is 5.82 Å². The molecule has 0 saturated carbocycles. The monoisotopic (exact) mass is 272 g/mol. The SMILES string of the molecule is CNc1ccc(C(=O)N(C)c2cccc(F)c2)cc1C. The molecule has 4 heteroatoms. The molecule has 1 N–H and O–H groups in total. The van der Waals surface area contributed by atoms with Gasteiger partial charge in [0.05, 0.1) is 0 Å². The zero-order valence-electron chi connectivity index (χ0n) is 11.8. The van der Waals surface area contributed by atoms with E-state index >= 15 is 0 Å². The Morgan fingerprint density at radius 1 is 1.20 bits per heavy atom. The van der Waals surface area contributed by atoms with Crippen LogP contribution in [0.15, 0.2) is 42.5 Å². The molecular formula is C16H17FN2O. The van der Waals surface area contributed by atoms with Crippen LogP contribution >= 0.6 is 0 Å². The number of hydrogen-bond donors (Lipinski definition) is 1. The highest BCUT2D eigenvalue weighted by atomic mass is 19.1. The third-order valence-electron chi connectivity index (χ3n) is 3.24. The second kappa shape index (κ2) is 5.74. The summed E-state index contributed by atoms with van der Waals surface area (Å²) in [4.78, 5) is 13.8. The maximum absolute atomic E-state index is 13.2. The summed E-state index contributed by atoms with van der Waals surface area (Å²) in [7, 11) is 3.47. The first-order valence-corrected chi connectivity index (χ1v) is 6.35. The van der Waals surface area contributed by atoms with E-state index in [0.29, 0.717) is 11.3 Å². The van der Waals surface area contributed by atoms with Gasteiger partial charge in [-0.05, 0) is 48.9 Å². The number of nitrogens with zero attached hydrogens (tertiary/aromatic N) is 1. The quantitative estimate of drug-likeness (QED) is 0.928. The molecule has 0 aromatic heterocycles. The molecule has 2 rings (SSSR count). The van der Waals surface area contributed by atoms with Crippen molar-refractivity contribution in [1.82, 2.24) is 0 Å². The maximum atomic E-state index is 13.2. The normalized spacial score (nSPS) is 10.2. The van der Waals surface area contributed by atoms with E-state index in [0.717, 1.165) is 11.3 Å². The molecule has 0 saturated heterocycles. The number of halogens is 1.